The minimum absolute atomic E-state index is 0.000786. The van der Waals surface area contributed by atoms with Crippen LogP contribution in [0.25, 0.3) is 0 Å². The minimum Gasteiger partial charge on any atom is -0.756 e. The van der Waals surface area contributed by atoms with E-state index >= 15 is 0 Å². The molecule has 0 aromatic carbocycles. The third kappa shape index (κ3) is 47.0. The number of aliphatic hydroxyl groups is 1. The van der Waals surface area contributed by atoms with E-state index in [1.807, 2.05) is 27.2 Å². The lowest BCUT2D eigenvalue weighted by Crippen LogP contribution is -2.45. The Hall–Kier alpha value is -1.02. The maximum Gasteiger partial charge on any atom is 0.268 e. The molecule has 0 aliphatic heterocycles. The van der Waals surface area contributed by atoms with Crippen molar-refractivity contribution in [2.45, 2.75) is 270 Å². The Morgan fingerprint density at radius 3 is 1.26 bits per heavy atom. The number of phosphoric ester groups is 1. The lowest BCUT2D eigenvalue weighted by molar-refractivity contribution is -0.870. The van der Waals surface area contributed by atoms with Crippen LogP contribution in [0.5, 0.6) is 0 Å². The van der Waals surface area contributed by atoms with Crippen LogP contribution >= 0.6 is 7.82 Å². The number of carbonyl (C=O) groups excluding carboxylic acids is 1. The average Bonchev–Trinajstić information content (AvgIpc) is 3.23. The van der Waals surface area contributed by atoms with Gasteiger partial charge in [0.05, 0.1) is 39.9 Å². The summed E-state index contributed by atoms with van der Waals surface area (Å²) in [5, 5.41) is 13.8. The molecule has 62 heavy (non-hydrogen) atoms. The van der Waals surface area contributed by atoms with Crippen molar-refractivity contribution >= 4 is 13.7 Å². The molecule has 0 heterocycles. The van der Waals surface area contributed by atoms with Gasteiger partial charge in [0.2, 0.25) is 5.91 Å². The van der Waals surface area contributed by atoms with Crippen LogP contribution in [0, 0.1) is 0 Å². The van der Waals surface area contributed by atoms with Crippen LogP contribution in [0.2, 0.25) is 0 Å². The molecular formula is C53H105N2O6P. The van der Waals surface area contributed by atoms with Gasteiger partial charge in [-0.3, -0.25) is 9.36 Å². The zero-order valence-corrected chi connectivity index (χ0v) is 42.7. The molecule has 0 aromatic heterocycles. The summed E-state index contributed by atoms with van der Waals surface area (Å²) < 4.78 is 23.3. The smallest absolute Gasteiger partial charge is 0.268 e. The fourth-order valence-electron chi connectivity index (χ4n) is 7.91. The average molecular weight is 897 g/mol. The highest BCUT2D eigenvalue weighted by Crippen LogP contribution is 2.38. The van der Waals surface area contributed by atoms with Crippen molar-refractivity contribution in [1.29, 1.82) is 0 Å². The molecule has 0 aliphatic rings. The molecule has 0 radical (unpaired) electrons. The van der Waals surface area contributed by atoms with E-state index in [0.717, 1.165) is 38.5 Å². The number of allylic oxidation sites excluding steroid dienone is 3. The largest absolute Gasteiger partial charge is 0.756 e. The predicted molar refractivity (Wildman–Crippen MR) is 265 cm³/mol. The van der Waals surface area contributed by atoms with Gasteiger partial charge in [-0.25, -0.2) is 0 Å². The van der Waals surface area contributed by atoms with Crippen LogP contribution in [0.1, 0.15) is 258 Å². The lowest BCUT2D eigenvalue weighted by atomic mass is 10.0. The first-order valence-corrected chi connectivity index (χ1v) is 28.2. The molecule has 0 rings (SSSR count). The second kappa shape index (κ2) is 45.1. The number of carbonyl (C=O) groups is 1. The third-order valence-electron chi connectivity index (χ3n) is 12.2. The molecule has 9 heteroatoms. The Balaban J connectivity index is 4.19. The van der Waals surface area contributed by atoms with Gasteiger partial charge >= 0.3 is 0 Å². The molecule has 0 aromatic rings. The number of phosphoric acid groups is 1. The molecule has 1 amide bonds. The monoisotopic (exact) mass is 897 g/mol. The molecule has 368 valence electrons. The molecule has 8 nitrogen and oxygen atoms in total. The van der Waals surface area contributed by atoms with Gasteiger partial charge in [-0.05, 0) is 44.9 Å². The normalized spacial score (nSPS) is 14.2. The first kappa shape index (κ1) is 61.0. The van der Waals surface area contributed by atoms with E-state index in [1.54, 1.807) is 6.08 Å². The van der Waals surface area contributed by atoms with E-state index in [0.29, 0.717) is 17.4 Å². The summed E-state index contributed by atoms with van der Waals surface area (Å²) in [6.07, 6.45) is 55.2. The first-order chi connectivity index (χ1) is 30.0. The first-order valence-electron chi connectivity index (χ1n) is 26.7. The number of rotatable bonds is 49. The van der Waals surface area contributed by atoms with Crippen molar-refractivity contribution in [3.63, 3.8) is 0 Å². The van der Waals surface area contributed by atoms with Crippen LogP contribution in [0.4, 0.5) is 0 Å². The van der Waals surface area contributed by atoms with Crippen molar-refractivity contribution < 1.29 is 32.9 Å². The number of quaternary nitrogens is 1. The van der Waals surface area contributed by atoms with Crippen molar-refractivity contribution in [2.24, 2.45) is 0 Å². The standard InChI is InChI=1S/C53H105N2O6P/c1-6-8-10-12-14-16-18-20-22-23-24-25-26-27-28-29-30-31-33-35-37-39-41-43-45-47-53(57)54-51(50-61-62(58,59)60-49-48-55(3,4)5)52(56)46-44-42-40-38-36-34-32-21-19-17-15-13-11-9-7-2/h23-24,44,46,51-52,56H,6-22,25-43,45,47-50H2,1-5H3,(H-,54,57,58,59)/b24-23-,46-44+. The lowest BCUT2D eigenvalue weighted by Gasteiger charge is -2.29. The quantitative estimate of drug-likeness (QED) is 0.0273. The van der Waals surface area contributed by atoms with Crippen molar-refractivity contribution in [3.05, 3.63) is 24.3 Å². The van der Waals surface area contributed by atoms with E-state index in [4.69, 9.17) is 9.05 Å². The van der Waals surface area contributed by atoms with E-state index < -0.39 is 20.0 Å². The molecule has 0 aliphatic carbocycles. The van der Waals surface area contributed by atoms with Gasteiger partial charge in [0.15, 0.2) is 0 Å². The van der Waals surface area contributed by atoms with Gasteiger partial charge in [-0.2, -0.15) is 0 Å². The highest BCUT2D eigenvalue weighted by atomic mass is 31.2. The fraction of sp³-hybridized carbons (Fsp3) is 0.906. The van der Waals surface area contributed by atoms with Gasteiger partial charge in [-0.1, -0.05) is 231 Å². The maximum absolute atomic E-state index is 12.9. The van der Waals surface area contributed by atoms with Crippen molar-refractivity contribution in [3.8, 4) is 0 Å². The number of amides is 1. The highest BCUT2D eigenvalue weighted by Gasteiger charge is 2.23. The number of unbranched alkanes of at least 4 members (excludes halogenated alkanes) is 34. The number of aliphatic hydroxyl groups excluding tert-OH is 1. The molecule has 0 bridgehead atoms. The second-order valence-corrected chi connectivity index (χ2v) is 21.0. The molecule has 2 N–H and O–H groups in total. The Bertz CT molecular complexity index is 1060. The molecule has 3 atom stereocenters. The van der Waals surface area contributed by atoms with Crippen LogP contribution in [0.3, 0.4) is 0 Å². The van der Waals surface area contributed by atoms with E-state index in [9.17, 15) is 19.4 Å². The molecule has 0 fully saturated rings. The summed E-state index contributed by atoms with van der Waals surface area (Å²) in [5.41, 5.74) is 0. The van der Waals surface area contributed by atoms with Gasteiger partial charge in [-0.15, -0.1) is 0 Å². The number of hydrogen-bond donors (Lipinski definition) is 2. The topological polar surface area (TPSA) is 108 Å². The predicted octanol–water partition coefficient (Wildman–Crippen LogP) is 15.0. The van der Waals surface area contributed by atoms with Crippen molar-refractivity contribution in [2.75, 3.05) is 40.9 Å². The number of nitrogens with zero attached hydrogens (tertiary/aromatic N) is 1. The SMILES string of the molecule is CCCCCCCCCC/C=C\CCCCCCCCCCCCCCCC(=O)NC(COP(=O)([O-])OCC[N+](C)(C)C)C(O)/C=C/CCCCCCCCCCCCCCC. The summed E-state index contributed by atoms with van der Waals surface area (Å²) in [4.78, 5) is 25.4. The zero-order valence-electron chi connectivity index (χ0n) is 41.8. The third-order valence-corrected chi connectivity index (χ3v) is 13.1. The van der Waals surface area contributed by atoms with Crippen molar-refractivity contribution in [1.82, 2.24) is 5.32 Å². The van der Waals surface area contributed by atoms with Gasteiger partial charge < -0.3 is 28.8 Å². The van der Waals surface area contributed by atoms with E-state index in [2.05, 4.69) is 31.3 Å². The van der Waals surface area contributed by atoms with E-state index in [-0.39, 0.29) is 19.1 Å². The molecule has 0 saturated heterocycles. The molecule has 0 saturated carbocycles. The molecule has 3 unspecified atom stereocenters. The Morgan fingerprint density at radius 1 is 0.548 bits per heavy atom. The number of hydrogen-bond acceptors (Lipinski definition) is 6. The fourth-order valence-corrected chi connectivity index (χ4v) is 8.64. The number of likely N-dealkylation sites (N-methyl/N-ethyl adjacent to an activating group) is 1. The summed E-state index contributed by atoms with van der Waals surface area (Å²) in [6, 6.07) is -0.883. The number of nitrogens with one attached hydrogen (secondary N) is 1. The summed E-state index contributed by atoms with van der Waals surface area (Å²) >= 11 is 0. The summed E-state index contributed by atoms with van der Waals surface area (Å²) in [5.74, 6) is -0.195. The summed E-state index contributed by atoms with van der Waals surface area (Å²) in [6.45, 7) is 4.67. The maximum atomic E-state index is 12.9. The Morgan fingerprint density at radius 2 is 0.887 bits per heavy atom. The van der Waals surface area contributed by atoms with Crippen LogP contribution in [0.15, 0.2) is 24.3 Å². The van der Waals surface area contributed by atoms with Gasteiger partial charge in [0.1, 0.15) is 13.2 Å². The van der Waals surface area contributed by atoms with Gasteiger partial charge in [0.25, 0.3) is 7.82 Å². The zero-order chi connectivity index (χ0) is 45.7. The molecular weight excluding hydrogens is 792 g/mol. The van der Waals surface area contributed by atoms with Crippen LogP contribution in [-0.2, 0) is 18.4 Å². The highest BCUT2D eigenvalue weighted by molar-refractivity contribution is 7.45. The molecule has 0 spiro atoms. The Labute approximate surface area is 385 Å². The van der Waals surface area contributed by atoms with E-state index in [1.165, 1.54) is 199 Å². The van der Waals surface area contributed by atoms with Gasteiger partial charge in [0, 0.05) is 6.42 Å². The summed E-state index contributed by atoms with van der Waals surface area (Å²) in [7, 11) is 1.27. The Kier molecular flexibility index (Phi) is 44.4. The minimum atomic E-state index is -4.59. The van der Waals surface area contributed by atoms with Crippen LogP contribution < -0.4 is 10.2 Å². The second-order valence-electron chi connectivity index (χ2n) is 19.6. The van der Waals surface area contributed by atoms with Crippen LogP contribution in [-0.4, -0.2) is 68.5 Å².